The minimum atomic E-state index is -0.0569. The summed E-state index contributed by atoms with van der Waals surface area (Å²) in [7, 11) is 0. The number of rotatable bonds is 4. The van der Waals surface area contributed by atoms with Crippen LogP contribution in [0.1, 0.15) is 42.5 Å². The molecule has 100 valence electrons. The fourth-order valence-electron chi connectivity index (χ4n) is 2.18. The zero-order valence-corrected chi connectivity index (χ0v) is 12.2. The van der Waals surface area contributed by atoms with Crippen LogP contribution in [0.2, 0.25) is 5.02 Å². The van der Waals surface area contributed by atoms with Crippen molar-refractivity contribution in [1.29, 1.82) is 0 Å². The summed E-state index contributed by atoms with van der Waals surface area (Å²) in [6, 6.07) is 16.4. The van der Waals surface area contributed by atoms with E-state index >= 15 is 0 Å². The first-order valence-corrected chi connectivity index (χ1v) is 7.04. The molecule has 0 aliphatic rings. The molecule has 0 amide bonds. The van der Waals surface area contributed by atoms with Crippen molar-refractivity contribution in [2.24, 2.45) is 5.73 Å². The molecule has 1 nitrogen and oxygen atoms in total. The van der Waals surface area contributed by atoms with E-state index in [4.69, 9.17) is 17.3 Å². The molecule has 0 saturated heterocycles. The smallest absolute Gasteiger partial charge is 0.0453 e. The van der Waals surface area contributed by atoms with E-state index in [1.807, 2.05) is 24.3 Å². The monoisotopic (exact) mass is 273 g/mol. The van der Waals surface area contributed by atoms with E-state index < -0.39 is 0 Å². The predicted octanol–water partition coefficient (Wildman–Crippen LogP) is 4.71. The van der Waals surface area contributed by atoms with E-state index in [2.05, 4.69) is 38.1 Å². The number of nitrogens with two attached hydrogens (primary N) is 1. The molecule has 0 radical (unpaired) electrons. The second kappa shape index (κ2) is 6.23. The summed E-state index contributed by atoms with van der Waals surface area (Å²) in [4.78, 5) is 0. The highest BCUT2D eigenvalue weighted by molar-refractivity contribution is 6.31. The lowest BCUT2D eigenvalue weighted by molar-refractivity contribution is 0.721. The molecule has 0 fully saturated rings. The first kappa shape index (κ1) is 14.1. The van der Waals surface area contributed by atoms with Crippen molar-refractivity contribution in [1.82, 2.24) is 0 Å². The molecule has 0 saturated carbocycles. The first-order valence-electron chi connectivity index (χ1n) is 6.66. The van der Waals surface area contributed by atoms with Crippen LogP contribution < -0.4 is 5.73 Å². The third kappa shape index (κ3) is 3.59. The SMILES string of the molecule is CC(C)c1ccc(CC(N)c2ccccc2Cl)cc1. The standard InChI is InChI=1S/C17H20ClN/c1-12(2)14-9-7-13(8-10-14)11-17(19)15-5-3-4-6-16(15)18/h3-10,12,17H,11,19H2,1-2H3. The molecule has 0 bridgehead atoms. The zero-order chi connectivity index (χ0) is 13.8. The van der Waals surface area contributed by atoms with Crippen molar-refractivity contribution in [3.05, 3.63) is 70.2 Å². The molecule has 0 heterocycles. The maximum absolute atomic E-state index is 6.24. The maximum atomic E-state index is 6.24. The van der Waals surface area contributed by atoms with Crippen molar-refractivity contribution in [3.63, 3.8) is 0 Å². The summed E-state index contributed by atoms with van der Waals surface area (Å²) < 4.78 is 0. The summed E-state index contributed by atoms with van der Waals surface area (Å²) in [5.74, 6) is 0.561. The predicted molar refractivity (Wildman–Crippen MR) is 82.6 cm³/mol. The Morgan fingerprint density at radius 1 is 1.00 bits per heavy atom. The Kier molecular flexibility index (Phi) is 4.62. The minimum Gasteiger partial charge on any atom is -0.324 e. The van der Waals surface area contributed by atoms with Gasteiger partial charge in [-0.25, -0.2) is 0 Å². The van der Waals surface area contributed by atoms with Gasteiger partial charge in [0.1, 0.15) is 0 Å². The summed E-state index contributed by atoms with van der Waals surface area (Å²) in [6.45, 7) is 4.40. The first-order chi connectivity index (χ1) is 9.08. The molecule has 0 spiro atoms. The molecular formula is C17H20ClN. The van der Waals surface area contributed by atoms with E-state index in [0.717, 1.165) is 17.0 Å². The molecule has 2 aromatic rings. The van der Waals surface area contributed by atoms with Crippen LogP contribution in [0.25, 0.3) is 0 Å². The lowest BCUT2D eigenvalue weighted by Crippen LogP contribution is -2.13. The average Bonchev–Trinajstić information content (AvgIpc) is 2.39. The Morgan fingerprint density at radius 3 is 2.21 bits per heavy atom. The maximum Gasteiger partial charge on any atom is 0.0453 e. The van der Waals surface area contributed by atoms with Crippen molar-refractivity contribution in [3.8, 4) is 0 Å². The van der Waals surface area contributed by atoms with E-state index in [9.17, 15) is 0 Å². The Hall–Kier alpha value is -1.31. The molecule has 2 N–H and O–H groups in total. The summed E-state index contributed by atoms with van der Waals surface area (Å²) in [6.07, 6.45) is 0.808. The Bertz CT molecular complexity index is 531. The fourth-order valence-corrected chi connectivity index (χ4v) is 2.45. The number of hydrogen-bond donors (Lipinski definition) is 1. The molecule has 1 atom stereocenters. The normalized spacial score (nSPS) is 12.7. The number of benzene rings is 2. The van der Waals surface area contributed by atoms with Gasteiger partial charge in [-0.1, -0.05) is 67.9 Å². The van der Waals surface area contributed by atoms with Crippen molar-refractivity contribution < 1.29 is 0 Å². The fraction of sp³-hybridized carbons (Fsp3) is 0.294. The van der Waals surface area contributed by atoms with Gasteiger partial charge in [0.2, 0.25) is 0 Å². The lowest BCUT2D eigenvalue weighted by Gasteiger charge is -2.14. The van der Waals surface area contributed by atoms with Crippen LogP contribution in [0, 0.1) is 0 Å². The second-order valence-electron chi connectivity index (χ2n) is 5.23. The minimum absolute atomic E-state index is 0.0569. The van der Waals surface area contributed by atoms with Gasteiger partial charge in [-0.2, -0.15) is 0 Å². The molecule has 0 aromatic heterocycles. The van der Waals surface area contributed by atoms with Gasteiger partial charge >= 0.3 is 0 Å². The highest BCUT2D eigenvalue weighted by Crippen LogP contribution is 2.24. The van der Waals surface area contributed by atoms with Gasteiger partial charge in [0.05, 0.1) is 0 Å². The highest BCUT2D eigenvalue weighted by atomic mass is 35.5. The van der Waals surface area contributed by atoms with E-state index in [-0.39, 0.29) is 6.04 Å². The van der Waals surface area contributed by atoms with Crippen LogP contribution in [0.15, 0.2) is 48.5 Å². The molecular weight excluding hydrogens is 254 g/mol. The van der Waals surface area contributed by atoms with Crippen LogP contribution in [0.3, 0.4) is 0 Å². The topological polar surface area (TPSA) is 26.0 Å². The number of halogens is 1. The third-order valence-electron chi connectivity index (χ3n) is 3.41. The van der Waals surface area contributed by atoms with Gasteiger partial charge in [0, 0.05) is 11.1 Å². The van der Waals surface area contributed by atoms with Crippen molar-refractivity contribution >= 4 is 11.6 Å². The van der Waals surface area contributed by atoms with Gasteiger partial charge in [0.15, 0.2) is 0 Å². The van der Waals surface area contributed by atoms with E-state index in [0.29, 0.717) is 5.92 Å². The molecule has 2 rings (SSSR count). The summed E-state index contributed by atoms with van der Waals surface area (Å²) in [5.41, 5.74) is 9.86. The molecule has 0 aliphatic heterocycles. The lowest BCUT2D eigenvalue weighted by atomic mass is 9.96. The van der Waals surface area contributed by atoms with Crippen LogP contribution in [-0.2, 0) is 6.42 Å². The largest absolute Gasteiger partial charge is 0.324 e. The van der Waals surface area contributed by atoms with Crippen LogP contribution >= 0.6 is 11.6 Å². The van der Waals surface area contributed by atoms with Crippen molar-refractivity contribution in [2.75, 3.05) is 0 Å². The zero-order valence-electron chi connectivity index (χ0n) is 11.4. The Labute approximate surface area is 120 Å². The average molecular weight is 274 g/mol. The van der Waals surface area contributed by atoms with Crippen LogP contribution in [0.4, 0.5) is 0 Å². The summed E-state index contributed by atoms with van der Waals surface area (Å²) >= 11 is 6.17. The molecule has 2 aromatic carbocycles. The highest BCUT2D eigenvalue weighted by Gasteiger charge is 2.10. The Balaban J connectivity index is 2.11. The van der Waals surface area contributed by atoms with Gasteiger partial charge in [0.25, 0.3) is 0 Å². The third-order valence-corrected chi connectivity index (χ3v) is 3.75. The quantitative estimate of drug-likeness (QED) is 0.858. The van der Waals surface area contributed by atoms with Crippen LogP contribution in [-0.4, -0.2) is 0 Å². The van der Waals surface area contributed by atoms with Gasteiger partial charge in [-0.15, -0.1) is 0 Å². The Morgan fingerprint density at radius 2 is 1.63 bits per heavy atom. The second-order valence-corrected chi connectivity index (χ2v) is 5.64. The molecule has 2 heteroatoms. The van der Waals surface area contributed by atoms with E-state index in [1.54, 1.807) is 0 Å². The number of hydrogen-bond acceptors (Lipinski definition) is 1. The molecule has 0 aliphatic carbocycles. The van der Waals surface area contributed by atoms with Gasteiger partial charge < -0.3 is 5.73 Å². The van der Waals surface area contributed by atoms with E-state index in [1.165, 1.54) is 11.1 Å². The molecule has 19 heavy (non-hydrogen) atoms. The van der Waals surface area contributed by atoms with Crippen molar-refractivity contribution in [2.45, 2.75) is 32.2 Å². The molecule has 1 unspecified atom stereocenters. The van der Waals surface area contributed by atoms with Gasteiger partial charge in [-0.3, -0.25) is 0 Å². The van der Waals surface area contributed by atoms with Crippen LogP contribution in [0.5, 0.6) is 0 Å². The summed E-state index contributed by atoms with van der Waals surface area (Å²) in [5, 5.41) is 0.744. The van der Waals surface area contributed by atoms with Gasteiger partial charge in [-0.05, 0) is 35.1 Å².